The number of rotatable bonds is 9. The molecule has 0 fully saturated rings. The molecule has 2 N–H and O–H groups in total. The van der Waals surface area contributed by atoms with Gasteiger partial charge in [0, 0.05) is 28.6 Å². The number of hydrogen-bond acceptors (Lipinski definition) is 8. The summed E-state index contributed by atoms with van der Waals surface area (Å²) in [5.74, 6) is 2.15. The number of ether oxygens (including phenoxy) is 2. The number of para-hydroxylation sites is 1. The zero-order chi connectivity index (χ0) is 31.3. The van der Waals surface area contributed by atoms with Crippen molar-refractivity contribution in [3.8, 4) is 23.0 Å². The lowest BCUT2D eigenvalue weighted by Crippen LogP contribution is -2.15. The van der Waals surface area contributed by atoms with Crippen molar-refractivity contribution in [2.45, 2.75) is 32.1 Å². The van der Waals surface area contributed by atoms with Crippen molar-refractivity contribution >= 4 is 39.2 Å². The highest BCUT2D eigenvalue weighted by Gasteiger charge is 2.22. The van der Waals surface area contributed by atoms with Crippen LogP contribution in [-0.4, -0.2) is 29.2 Å². The molecule has 0 spiro atoms. The van der Waals surface area contributed by atoms with E-state index in [1.165, 1.54) is 0 Å². The van der Waals surface area contributed by atoms with Crippen molar-refractivity contribution < 1.29 is 19.4 Å². The quantitative estimate of drug-likeness (QED) is 0.172. The average molecular weight is 617 g/mol. The van der Waals surface area contributed by atoms with Gasteiger partial charge in [-0.15, -0.1) is 16.9 Å². The Morgan fingerprint density at radius 3 is 2.36 bits per heavy atom. The van der Waals surface area contributed by atoms with Gasteiger partial charge in [-0.2, -0.15) is 5.11 Å². The van der Waals surface area contributed by atoms with E-state index in [4.69, 9.17) is 9.47 Å². The predicted molar refractivity (Wildman–Crippen MR) is 180 cm³/mol. The highest BCUT2D eigenvalue weighted by atomic mass is 32.2. The fourth-order valence-corrected chi connectivity index (χ4v) is 6.08. The van der Waals surface area contributed by atoms with E-state index in [1.807, 2.05) is 92.7 Å². The van der Waals surface area contributed by atoms with Crippen LogP contribution in [0.5, 0.6) is 23.0 Å². The second-order valence-corrected chi connectivity index (χ2v) is 11.8. The minimum atomic E-state index is -0.417. The van der Waals surface area contributed by atoms with Gasteiger partial charge in [-0.1, -0.05) is 66.7 Å². The summed E-state index contributed by atoms with van der Waals surface area (Å²) in [6, 6.07) is 30.3. The first-order valence-electron chi connectivity index (χ1n) is 14.5. The SMILES string of the molecule is COc1ccc(CC2N=NN=C2SCc2ccc(Oc3cc(C(=O)Nc4ccccc4C)c(O)c4ccccc34)c(C)c2)cc1. The molecule has 5 aromatic rings. The molecule has 1 atom stereocenters. The van der Waals surface area contributed by atoms with Gasteiger partial charge >= 0.3 is 0 Å². The summed E-state index contributed by atoms with van der Waals surface area (Å²) in [6.07, 6.45) is 0.719. The van der Waals surface area contributed by atoms with Gasteiger partial charge in [-0.3, -0.25) is 4.79 Å². The summed E-state index contributed by atoms with van der Waals surface area (Å²) in [6.45, 7) is 3.91. The molecular formula is C36H32N4O4S. The fourth-order valence-electron chi connectivity index (χ4n) is 5.16. The standard InChI is InChI=1S/C36H32N4O4S/c1-22-8-4-7-11-30(22)37-35(42)29-20-33(27-9-5-6-10-28(27)34(29)41)44-32-17-14-25(18-23(32)2)21-45-36-31(38-40-39-36)19-24-12-15-26(43-3)16-13-24/h4-18,20,31,41H,19,21H2,1-3H3,(H,37,42). The van der Waals surface area contributed by atoms with Gasteiger partial charge in [-0.25, -0.2) is 0 Å². The van der Waals surface area contributed by atoms with Crippen molar-refractivity contribution in [1.29, 1.82) is 0 Å². The largest absolute Gasteiger partial charge is 0.506 e. The Bertz CT molecular complexity index is 1940. The molecule has 0 saturated carbocycles. The molecule has 0 saturated heterocycles. The first kappa shape index (κ1) is 29.9. The number of methoxy groups -OCH3 is 1. The maximum atomic E-state index is 13.3. The van der Waals surface area contributed by atoms with E-state index in [0.29, 0.717) is 33.7 Å². The van der Waals surface area contributed by atoms with Crippen LogP contribution in [0.25, 0.3) is 10.8 Å². The number of hydrogen-bond donors (Lipinski definition) is 2. The molecule has 226 valence electrons. The van der Waals surface area contributed by atoms with Crippen molar-refractivity contribution in [3.05, 3.63) is 125 Å². The van der Waals surface area contributed by atoms with Gasteiger partial charge < -0.3 is 19.9 Å². The number of carbonyl (C=O) groups is 1. The molecule has 0 bridgehead atoms. The maximum absolute atomic E-state index is 13.3. The number of aromatic hydroxyl groups is 1. The summed E-state index contributed by atoms with van der Waals surface area (Å²) in [4.78, 5) is 13.3. The van der Waals surface area contributed by atoms with Gasteiger partial charge in [0.2, 0.25) is 0 Å². The van der Waals surface area contributed by atoms with E-state index in [9.17, 15) is 9.90 Å². The molecule has 1 heterocycles. The number of phenolic OH excluding ortho intramolecular Hbond substituents is 1. The van der Waals surface area contributed by atoms with Gasteiger partial charge in [0.05, 0.1) is 12.7 Å². The smallest absolute Gasteiger partial charge is 0.259 e. The zero-order valence-corrected chi connectivity index (χ0v) is 26.0. The second kappa shape index (κ2) is 13.2. The number of phenols is 1. The Morgan fingerprint density at radius 2 is 1.60 bits per heavy atom. The fraction of sp³-hybridized carbons (Fsp3) is 0.167. The third-order valence-electron chi connectivity index (χ3n) is 7.67. The maximum Gasteiger partial charge on any atom is 0.259 e. The van der Waals surface area contributed by atoms with Crippen molar-refractivity contribution in [2.24, 2.45) is 15.4 Å². The molecule has 6 rings (SSSR count). The first-order chi connectivity index (χ1) is 21.9. The summed E-state index contributed by atoms with van der Waals surface area (Å²) in [5, 5.41) is 28.7. The topological polar surface area (TPSA) is 105 Å². The summed E-state index contributed by atoms with van der Waals surface area (Å²) >= 11 is 1.63. The molecule has 0 aromatic heterocycles. The molecule has 1 amide bonds. The van der Waals surface area contributed by atoms with E-state index in [-0.39, 0.29) is 17.4 Å². The third-order valence-corrected chi connectivity index (χ3v) is 8.80. The molecule has 45 heavy (non-hydrogen) atoms. The highest BCUT2D eigenvalue weighted by molar-refractivity contribution is 8.13. The second-order valence-electron chi connectivity index (χ2n) is 10.8. The Morgan fingerprint density at radius 1 is 0.867 bits per heavy atom. The van der Waals surface area contributed by atoms with Gasteiger partial charge in [0.25, 0.3) is 5.91 Å². The molecule has 0 radical (unpaired) electrons. The van der Waals surface area contributed by atoms with Crippen LogP contribution in [-0.2, 0) is 12.2 Å². The van der Waals surface area contributed by atoms with Crippen LogP contribution in [0.2, 0.25) is 0 Å². The number of anilines is 1. The minimum absolute atomic E-state index is 0.0910. The van der Waals surface area contributed by atoms with Gasteiger partial charge in [0.1, 0.15) is 34.1 Å². The van der Waals surface area contributed by atoms with Crippen LogP contribution in [0.3, 0.4) is 0 Å². The Balaban J connectivity index is 1.17. The number of nitrogens with zero attached hydrogens (tertiary/aromatic N) is 3. The number of aryl methyl sites for hydroxylation is 2. The molecule has 1 aliphatic rings. The average Bonchev–Trinajstić information content (AvgIpc) is 3.50. The van der Waals surface area contributed by atoms with Crippen LogP contribution in [0, 0.1) is 13.8 Å². The van der Waals surface area contributed by atoms with Crippen LogP contribution < -0.4 is 14.8 Å². The number of nitrogens with one attached hydrogen (secondary N) is 1. The zero-order valence-electron chi connectivity index (χ0n) is 25.2. The molecule has 9 heteroatoms. The number of fused-ring (bicyclic) bond motifs is 1. The van der Waals surface area contributed by atoms with E-state index < -0.39 is 5.91 Å². The monoisotopic (exact) mass is 616 g/mol. The third kappa shape index (κ3) is 6.68. The van der Waals surface area contributed by atoms with E-state index >= 15 is 0 Å². The van der Waals surface area contributed by atoms with E-state index in [2.05, 4.69) is 26.8 Å². The lowest BCUT2D eigenvalue weighted by molar-refractivity contribution is 0.102. The van der Waals surface area contributed by atoms with Crippen LogP contribution in [0.1, 0.15) is 32.6 Å². The number of amides is 1. The summed E-state index contributed by atoms with van der Waals surface area (Å²) in [7, 11) is 1.65. The number of thioether (sulfide) groups is 1. The Hall–Kier alpha value is -5.15. The minimum Gasteiger partial charge on any atom is -0.506 e. The van der Waals surface area contributed by atoms with Crippen molar-refractivity contribution in [2.75, 3.05) is 12.4 Å². The molecule has 8 nitrogen and oxygen atoms in total. The van der Waals surface area contributed by atoms with Crippen molar-refractivity contribution in [1.82, 2.24) is 0 Å². The van der Waals surface area contributed by atoms with E-state index in [0.717, 1.165) is 39.5 Å². The van der Waals surface area contributed by atoms with Gasteiger partial charge in [-0.05, 0) is 71.7 Å². The lowest BCUT2D eigenvalue weighted by Gasteiger charge is -2.16. The molecule has 0 aliphatic carbocycles. The molecule has 1 unspecified atom stereocenters. The summed E-state index contributed by atoms with van der Waals surface area (Å²) in [5.41, 5.74) is 4.93. The normalized spacial score (nSPS) is 13.9. The van der Waals surface area contributed by atoms with Crippen LogP contribution in [0.15, 0.2) is 113 Å². The predicted octanol–water partition coefficient (Wildman–Crippen LogP) is 8.84. The first-order valence-corrected chi connectivity index (χ1v) is 15.5. The number of benzene rings is 5. The molecule has 5 aromatic carbocycles. The Kier molecular flexibility index (Phi) is 8.79. The lowest BCUT2D eigenvalue weighted by atomic mass is 10.0. The van der Waals surface area contributed by atoms with E-state index in [1.54, 1.807) is 31.0 Å². The van der Waals surface area contributed by atoms with Crippen LogP contribution in [0.4, 0.5) is 5.69 Å². The van der Waals surface area contributed by atoms with Crippen LogP contribution >= 0.6 is 11.8 Å². The molecular weight excluding hydrogens is 584 g/mol. The number of carbonyl (C=O) groups excluding carboxylic acids is 1. The molecule has 1 aliphatic heterocycles. The summed E-state index contributed by atoms with van der Waals surface area (Å²) < 4.78 is 11.7. The van der Waals surface area contributed by atoms with Crippen molar-refractivity contribution in [3.63, 3.8) is 0 Å². The highest BCUT2D eigenvalue weighted by Crippen LogP contribution is 2.39. The Labute approximate surface area is 265 Å². The van der Waals surface area contributed by atoms with Gasteiger partial charge in [0.15, 0.2) is 0 Å².